The third-order valence-corrected chi connectivity index (χ3v) is 4.52. The highest BCUT2D eigenvalue weighted by Gasteiger charge is 2.24. The number of piperazine rings is 1. The first-order valence-electron chi connectivity index (χ1n) is 8.50. The van der Waals surface area contributed by atoms with Crippen molar-refractivity contribution in [1.82, 2.24) is 9.80 Å². The fourth-order valence-corrected chi connectivity index (χ4v) is 2.93. The summed E-state index contributed by atoms with van der Waals surface area (Å²) in [6.45, 7) is 7.74. The zero-order chi connectivity index (χ0) is 18.4. The molecule has 138 valence electrons. The molecule has 1 saturated heterocycles. The molecule has 7 nitrogen and oxygen atoms in total. The van der Waals surface area contributed by atoms with Gasteiger partial charge in [0.1, 0.15) is 6.54 Å². The van der Waals surface area contributed by atoms with Gasteiger partial charge in [0, 0.05) is 44.9 Å². The van der Waals surface area contributed by atoms with Crippen LogP contribution in [0.5, 0.6) is 11.5 Å². The molecule has 1 aromatic carbocycles. The summed E-state index contributed by atoms with van der Waals surface area (Å²) in [5.74, 6) is 0.875. The van der Waals surface area contributed by atoms with E-state index in [4.69, 9.17) is 9.47 Å². The SMILES string of the molecule is CCN1CCN(C(=O)CN(C(C)=O)c2ccc(OC)c(OC)c2)CC1. The summed E-state index contributed by atoms with van der Waals surface area (Å²) < 4.78 is 10.5. The lowest BCUT2D eigenvalue weighted by molar-refractivity contribution is -0.132. The molecule has 1 aromatic rings. The molecule has 7 heteroatoms. The summed E-state index contributed by atoms with van der Waals surface area (Å²) in [5.41, 5.74) is 0.616. The highest BCUT2D eigenvalue weighted by molar-refractivity contribution is 5.97. The Hall–Kier alpha value is -2.28. The Morgan fingerprint density at radius 1 is 1.08 bits per heavy atom. The van der Waals surface area contributed by atoms with E-state index in [1.807, 2.05) is 4.90 Å². The number of hydrogen-bond donors (Lipinski definition) is 0. The molecule has 0 aliphatic carbocycles. The van der Waals surface area contributed by atoms with E-state index in [1.54, 1.807) is 25.3 Å². The van der Waals surface area contributed by atoms with Gasteiger partial charge in [-0.05, 0) is 18.7 Å². The van der Waals surface area contributed by atoms with Crippen LogP contribution in [0.4, 0.5) is 5.69 Å². The van der Waals surface area contributed by atoms with E-state index in [1.165, 1.54) is 18.9 Å². The highest BCUT2D eigenvalue weighted by Crippen LogP contribution is 2.31. The molecule has 1 aliphatic heterocycles. The van der Waals surface area contributed by atoms with Crippen molar-refractivity contribution in [3.8, 4) is 11.5 Å². The minimum absolute atomic E-state index is 0.0247. The fourth-order valence-electron chi connectivity index (χ4n) is 2.93. The molecule has 1 fully saturated rings. The van der Waals surface area contributed by atoms with Crippen molar-refractivity contribution < 1.29 is 19.1 Å². The van der Waals surface area contributed by atoms with Crippen LogP contribution >= 0.6 is 0 Å². The van der Waals surface area contributed by atoms with Gasteiger partial charge < -0.3 is 24.2 Å². The maximum absolute atomic E-state index is 12.6. The predicted molar refractivity (Wildman–Crippen MR) is 96.3 cm³/mol. The summed E-state index contributed by atoms with van der Waals surface area (Å²) >= 11 is 0. The van der Waals surface area contributed by atoms with Gasteiger partial charge in [-0.3, -0.25) is 9.59 Å². The number of amides is 2. The maximum Gasteiger partial charge on any atom is 0.242 e. The number of ether oxygens (including phenoxy) is 2. The monoisotopic (exact) mass is 349 g/mol. The Balaban J connectivity index is 2.11. The van der Waals surface area contributed by atoms with Crippen LogP contribution in [-0.2, 0) is 9.59 Å². The Morgan fingerprint density at radius 2 is 1.72 bits per heavy atom. The molecule has 0 N–H and O–H groups in total. The summed E-state index contributed by atoms with van der Waals surface area (Å²) in [7, 11) is 3.10. The third-order valence-electron chi connectivity index (χ3n) is 4.52. The van der Waals surface area contributed by atoms with Crippen LogP contribution in [0.25, 0.3) is 0 Å². The lowest BCUT2D eigenvalue weighted by Crippen LogP contribution is -2.51. The van der Waals surface area contributed by atoms with Crippen molar-refractivity contribution in [2.24, 2.45) is 0 Å². The molecule has 0 aromatic heterocycles. The van der Waals surface area contributed by atoms with E-state index in [2.05, 4.69) is 11.8 Å². The van der Waals surface area contributed by atoms with Gasteiger partial charge in [0.25, 0.3) is 0 Å². The molecule has 0 unspecified atom stereocenters. The predicted octanol–water partition coefficient (Wildman–Crippen LogP) is 1.22. The van der Waals surface area contributed by atoms with E-state index in [0.29, 0.717) is 30.3 Å². The van der Waals surface area contributed by atoms with Crippen LogP contribution in [0.3, 0.4) is 0 Å². The number of nitrogens with zero attached hydrogens (tertiary/aromatic N) is 3. The molecule has 1 heterocycles. The first-order chi connectivity index (χ1) is 12.0. The second-order valence-electron chi connectivity index (χ2n) is 5.96. The number of hydrogen-bond acceptors (Lipinski definition) is 5. The van der Waals surface area contributed by atoms with E-state index < -0.39 is 0 Å². The Labute approximate surface area is 149 Å². The lowest BCUT2D eigenvalue weighted by Gasteiger charge is -2.35. The van der Waals surface area contributed by atoms with Crippen LogP contribution in [0.1, 0.15) is 13.8 Å². The molecule has 1 aliphatic rings. The van der Waals surface area contributed by atoms with E-state index >= 15 is 0 Å². The van der Waals surface area contributed by atoms with Gasteiger partial charge in [-0.25, -0.2) is 0 Å². The van der Waals surface area contributed by atoms with Crippen LogP contribution in [-0.4, -0.2) is 75.1 Å². The van der Waals surface area contributed by atoms with Crippen LogP contribution < -0.4 is 14.4 Å². The summed E-state index contributed by atoms with van der Waals surface area (Å²) in [6, 6.07) is 5.20. The molecule has 0 atom stereocenters. The zero-order valence-electron chi connectivity index (χ0n) is 15.4. The molecule has 0 spiro atoms. The van der Waals surface area contributed by atoms with E-state index in [-0.39, 0.29) is 18.4 Å². The fraction of sp³-hybridized carbons (Fsp3) is 0.556. The number of methoxy groups -OCH3 is 2. The van der Waals surface area contributed by atoms with Crippen LogP contribution in [0.15, 0.2) is 18.2 Å². The highest BCUT2D eigenvalue weighted by atomic mass is 16.5. The summed E-state index contributed by atoms with van der Waals surface area (Å²) in [5, 5.41) is 0. The molecule has 0 saturated carbocycles. The largest absolute Gasteiger partial charge is 0.493 e. The molecular formula is C18H27N3O4. The molecule has 25 heavy (non-hydrogen) atoms. The van der Waals surface area contributed by atoms with Gasteiger partial charge in [-0.15, -0.1) is 0 Å². The smallest absolute Gasteiger partial charge is 0.242 e. The van der Waals surface area contributed by atoms with Crippen LogP contribution in [0, 0.1) is 0 Å². The first-order valence-corrected chi connectivity index (χ1v) is 8.50. The van der Waals surface area contributed by atoms with Gasteiger partial charge in [0.05, 0.1) is 14.2 Å². The Bertz CT molecular complexity index is 612. The number of carbonyl (C=O) groups excluding carboxylic acids is 2. The van der Waals surface area contributed by atoms with Crippen molar-refractivity contribution in [1.29, 1.82) is 0 Å². The standard InChI is InChI=1S/C18H27N3O4/c1-5-19-8-10-20(11-9-19)18(23)13-21(14(2)22)15-6-7-16(24-3)17(12-15)25-4/h6-7,12H,5,8-11,13H2,1-4H3. The van der Waals surface area contributed by atoms with Crippen molar-refractivity contribution in [3.05, 3.63) is 18.2 Å². The van der Waals surface area contributed by atoms with Gasteiger partial charge in [-0.1, -0.05) is 6.92 Å². The summed E-state index contributed by atoms with van der Waals surface area (Å²) in [6.07, 6.45) is 0. The molecular weight excluding hydrogens is 322 g/mol. The van der Waals surface area contributed by atoms with Gasteiger partial charge >= 0.3 is 0 Å². The normalized spacial score (nSPS) is 15.0. The van der Waals surface area contributed by atoms with Crippen molar-refractivity contribution in [2.45, 2.75) is 13.8 Å². The second-order valence-corrected chi connectivity index (χ2v) is 5.96. The first kappa shape index (κ1) is 19.1. The Kier molecular flexibility index (Phi) is 6.64. The zero-order valence-corrected chi connectivity index (χ0v) is 15.4. The maximum atomic E-state index is 12.6. The minimum atomic E-state index is -0.187. The van der Waals surface area contributed by atoms with Gasteiger partial charge in [0.2, 0.25) is 11.8 Å². The molecule has 0 bridgehead atoms. The average Bonchev–Trinajstić information content (AvgIpc) is 2.65. The molecule has 0 radical (unpaired) electrons. The van der Waals surface area contributed by atoms with E-state index in [0.717, 1.165) is 19.6 Å². The van der Waals surface area contributed by atoms with E-state index in [9.17, 15) is 9.59 Å². The second kappa shape index (κ2) is 8.71. The average molecular weight is 349 g/mol. The quantitative estimate of drug-likeness (QED) is 0.773. The lowest BCUT2D eigenvalue weighted by atomic mass is 10.2. The van der Waals surface area contributed by atoms with Gasteiger partial charge in [-0.2, -0.15) is 0 Å². The van der Waals surface area contributed by atoms with Crippen molar-refractivity contribution >= 4 is 17.5 Å². The number of likely N-dealkylation sites (N-methyl/N-ethyl adjacent to an activating group) is 1. The number of benzene rings is 1. The Morgan fingerprint density at radius 3 is 2.24 bits per heavy atom. The third kappa shape index (κ3) is 4.63. The van der Waals surface area contributed by atoms with Crippen molar-refractivity contribution in [2.75, 3.05) is 58.4 Å². The topological polar surface area (TPSA) is 62.3 Å². The van der Waals surface area contributed by atoms with Crippen molar-refractivity contribution in [3.63, 3.8) is 0 Å². The van der Waals surface area contributed by atoms with Gasteiger partial charge in [0.15, 0.2) is 11.5 Å². The molecule has 2 rings (SSSR count). The van der Waals surface area contributed by atoms with Crippen LogP contribution in [0.2, 0.25) is 0 Å². The number of carbonyl (C=O) groups is 2. The summed E-state index contributed by atoms with van der Waals surface area (Å²) in [4.78, 5) is 30.3. The molecule has 2 amide bonds. The minimum Gasteiger partial charge on any atom is -0.493 e. The number of anilines is 1. The number of rotatable bonds is 6.